The third kappa shape index (κ3) is 22.2. The standard InChI is InChI=1S/C63H104N4O44/c1-20(73)64-34-24(77)11-62(60(93)94,110-51(34)38(82)26(79)13-68)99-18-31-40(84)45(89)47(91)57(104-31)106-49-29(16-71)102-55(36(43(49)87)66-22(3)75)108-53-42(86)28(15-70)101-59(98-10-8-6-7-9-33(81)97-5)54(53)109-56-37(67-23(4)76)44(88)50(30(17-72)103-56)107-58-48(92)46(90)41(85)32(105-58)19-100-63(61(95)96)12-25(78)35(65-21(2)74)52(111-63)39(83)27(80)14-69/h24-32,34-59,68-72,77-80,82-92H,6-19H2,1-5H3,(H,64,73)(H,65,74)(H,66,75)(H,67,76)(H,93,94)(H,95,96)/t24-,25+,26-,27-,28-,29-,30-,31-,32-,34+,35-,36-,37-,38-,39-,40+,41+,42+,43-,44-,45+,46+,47-,48-,49-,50-,51+,52-,53+,54-,55+,56+,57+,58+,59-,62+,63-/m1/s1. The minimum Gasteiger partial charge on any atom is -0.477 e. The Hall–Kier alpha value is -5.07. The topological polar surface area (TPSA) is 751 Å². The molecule has 48 nitrogen and oxygen atoms in total. The van der Waals surface area contributed by atoms with Gasteiger partial charge in [-0.3, -0.25) is 24.0 Å². The Bertz CT molecular complexity index is 3010. The van der Waals surface area contributed by atoms with Crippen molar-refractivity contribution in [2.45, 2.75) is 292 Å². The van der Waals surface area contributed by atoms with Crippen LogP contribution in [-0.4, -0.2) is 440 Å². The van der Waals surface area contributed by atoms with E-state index in [1.807, 2.05) is 0 Å². The number of aliphatic hydroxyl groups is 20. The number of carboxylic acids is 2. The summed E-state index contributed by atoms with van der Waals surface area (Å²) in [7, 11) is 1.17. The SMILES string of the molecule is COC(=O)CCCCCO[C@@H]1O[C@H](CO)[C@H](O)[C@H](O[C@@H]2O[C@H](CO)[C@@H](O[C@@H]3O[C@H](CO[C@@]4(C(=O)O)C[C@@H](O)[C@H](NC(C)=O)[C@@H]([C@H](O)[C@H](O)CO)O4)[C@H](O)[C@H](O)[C@H]3O)[C@H](O)[C@H]2NC(C)=O)[C@H]1O[C@@H]1O[C@H](CO)[C@@H](O[C@@H]2O[C@H](CO[C@]3(C(=O)O)C[C@H](O)[C@@H](NC(C)=O)[C@H]([C@H](O)[C@H](O)CO)O3)[C@H](O)[C@H](O)[C@H]2O)[C@H](O)[C@H]1NC(C)=O. The fourth-order valence-electron chi connectivity index (χ4n) is 13.7. The number of carboxylic acid groups (broad SMARTS) is 2. The molecule has 0 spiro atoms. The van der Waals surface area contributed by atoms with Gasteiger partial charge in [0.15, 0.2) is 31.5 Å². The average Bonchev–Trinajstić information content (AvgIpc) is 0.758. The highest BCUT2D eigenvalue weighted by Crippen LogP contribution is 2.41. The fourth-order valence-corrected chi connectivity index (χ4v) is 13.7. The number of nitrogens with one attached hydrogen (secondary N) is 4. The molecule has 7 aliphatic rings. The monoisotopic (exact) mass is 1620 g/mol. The van der Waals surface area contributed by atoms with Crippen molar-refractivity contribution in [1.82, 2.24) is 21.3 Å². The van der Waals surface area contributed by atoms with Gasteiger partial charge in [0, 0.05) is 53.6 Å². The van der Waals surface area contributed by atoms with Gasteiger partial charge in [-0.25, -0.2) is 9.59 Å². The normalized spacial score (nSPS) is 41.9. The molecule has 0 aliphatic carbocycles. The fraction of sp³-hybridized carbons (Fsp3) is 0.889. The lowest BCUT2D eigenvalue weighted by molar-refractivity contribution is -0.392. The van der Waals surface area contributed by atoms with E-state index in [0.29, 0.717) is 0 Å². The van der Waals surface area contributed by atoms with Crippen LogP contribution in [0.5, 0.6) is 0 Å². The van der Waals surface area contributed by atoms with E-state index in [2.05, 4.69) is 21.3 Å². The van der Waals surface area contributed by atoms with Crippen LogP contribution in [0.2, 0.25) is 0 Å². The first kappa shape index (κ1) is 93.1. The van der Waals surface area contributed by atoms with Gasteiger partial charge >= 0.3 is 17.9 Å². The van der Waals surface area contributed by atoms with Gasteiger partial charge in [0.25, 0.3) is 11.6 Å². The van der Waals surface area contributed by atoms with Crippen molar-refractivity contribution in [3.05, 3.63) is 0 Å². The van der Waals surface area contributed by atoms with Crippen molar-refractivity contribution in [3.8, 4) is 0 Å². The summed E-state index contributed by atoms with van der Waals surface area (Å²) in [6, 6.07) is -7.25. The number of methoxy groups -OCH3 is 1. The van der Waals surface area contributed by atoms with E-state index in [9.17, 15) is 146 Å². The van der Waals surface area contributed by atoms with E-state index in [0.717, 1.165) is 27.7 Å². The number of amides is 4. The maximum Gasteiger partial charge on any atom is 0.364 e. The molecule has 37 atom stereocenters. The van der Waals surface area contributed by atoms with Crippen LogP contribution in [0.4, 0.5) is 0 Å². The molecule has 0 unspecified atom stereocenters. The molecule has 7 fully saturated rings. The van der Waals surface area contributed by atoms with Crippen LogP contribution in [0.15, 0.2) is 0 Å². The molecule has 0 radical (unpaired) electrons. The van der Waals surface area contributed by atoms with Crippen LogP contribution >= 0.6 is 0 Å². The summed E-state index contributed by atoms with van der Waals surface area (Å²) in [6.07, 6.45) is -67.2. The molecule has 0 saturated carbocycles. The van der Waals surface area contributed by atoms with Gasteiger partial charge in [-0.2, -0.15) is 0 Å². The van der Waals surface area contributed by atoms with Gasteiger partial charge in [-0.15, -0.1) is 0 Å². The molecule has 640 valence electrons. The third-order valence-electron chi connectivity index (χ3n) is 19.6. The number of aliphatic carboxylic acids is 2. The lowest BCUT2D eigenvalue weighted by Gasteiger charge is -2.51. The van der Waals surface area contributed by atoms with Gasteiger partial charge < -0.3 is 205 Å². The molecule has 0 bridgehead atoms. The van der Waals surface area contributed by atoms with Crippen LogP contribution in [0.3, 0.4) is 0 Å². The predicted octanol–water partition coefficient (Wildman–Crippen LogP) is -15.5. The first-order valence-corrected chi connectivity index (χ1v) is 35.3. The molecule has 7 heterocycles. The zero-order valence-electron chi connectivity index (χ0n) is 60.4. The van der Waals surface area contributed by atoms with Gasteiger partial charge in [-0.1, -0.05) is 6.42 Å². The average molecular weight is 1620 g/mol. The first-order chi connectivity index (χ1) is 52.3. The number of esters is 1. The molecule has 0 aromatic rings. The van der Waals surface area contributed by atoms with E-state index in [1.165, 1.54) is 7.11 Å². The summed E-state index contributed by atoms with van der Waals surface area (Å²) >= 11 is 0. The number of hydrogen-bond donors (Lipinski definition) is 26. The molecule has 48 heteroatoms. The molecule has 7 saturated heterocycles. The molecule has 7 aliphatic heterocycles. The second kappa shape index (κ2) is 41.2. The summed E-state index contributed by atoms with van der Waals surface area (Å²) in [6.45, 7) is -4.57. The summed E-state index contributed by atoms with van der Waals surface area (Å²) in [5.41, 5.74) is 0. The summed E-state index contributed by atoms with van der Waals surface area (Å²) < 4.78 is 87.9. The van der Waals surface area contributed by atoms with Crippen LogP contribution < -0.4 is 21.3 Å². The van der Waals surface area contributed by atoms with Crippen molar-refractivity contribution in [2.24, 2.45) is 0 Å². The highest BCUT2D eigenvalue weighted by Gasteiger charge is 2.62. The second-order valence-corrected chi connectivity index (χ2v) is 27.7. The molecule has 0 aromatic heterocycles. The van der Waals surface area contributed by atoms with Crippen LogP contribution in [0, 0.1) is 0 Å². The smallest absolute Gasteiger partial charge is 0.364 e. The number of unbranched alkanes of at least 4 members (excludes halogenated alkanes) is 2. The van der Waals surface area contributed by atoms with Crippen molar-refractivity contribution in [3.63, 3.8) is 0 Å². The maximum atomic E-state index is 13.2. The van der Waals surface area contributed by atoms with E-state index in [1.54, 1.807) is 0 Å². The number of hydrogen-bond acceptors (Lipinski definition) is 42. The van der Waals surface area contributed by atoms with Crippen molar-refractivity contribution < 1.29 is 217 Å². The van der Waals surface area contributed by atoms with E-state index in [4.69, 9.17) is 71.1 Å². The Kier molecular flexibility index (Phi) is 34.5. The number of aliphatic hydroxyl groups excluding tert-OH is 20. The van der Waals surface area contributed by atoms with Gasteiger partial charge in [0.2, 0.25) is 23.6 Å². The zero-order valence-corrected chi connectivity index (χ0v) is 60.4. The Labute approximate surface area is 630 Å². The van der Waals surface area contributed by atoms with Crippen molar-refractivity contribution in [1.29, 1.82) is 0 Å². The highest BCUT2D eigenvalue weighted by molar-refractivity contribution is 5.78. The highest BCUT2D eigenvalue weighted by atomic mass is 16.8. The molecule has 7 rings (SSSR count). The Morgan fingerprint density at radius 3 is 1.14 bits per heavy atom. The molecular weight excluding hydrogens is 1520 g/mol. The summed E-state index contributed by atoms with van der Waals surface area (Å²) in [4.78, 5) is 88.4. The summed E-state index contributed by atoms with van der Waals surface area (Å²) in [5.74, 6) is -14.3. The van der Waals surface area contributed by atoms with Gasteiger partial charge in [0.05, 0.1) is 77.6 Å². The van der Waals surface area contributed by atoms with E-state index >= 15 is 0 Å². The van der Waals surface area contributed by atoms with Crippen LogP contribution in [0.1, 0.15) is 66.2 Å². The van der Waals surface area contributed by atoms with Gasteiger partial charge in [-0.05, 0) is 12.8 Å². The maximum absolute atomic E-state index is 13.2. The Morgan fingerprint density at radius 2 is 0.775 bits per heavy atom. The third-order valence-corrected chi connectivity index (χ3v) is 19.6. The minimum atomic E-state index is -3.06. The molecule has 4 amide bonds. The predicted molar refractivity (Wildman–Crippen MR) is 347 cm³/mol. The van der Waals surface area contributed by atoms with Gasteiger partial charge in [0.1, 0.15) is 159 Å². The first-order valence-electron chi connectivity index (χ1n) is 35.3. The molecule has 111 heavy (non-hydrogen) atoms. The van der Waals surface area contributed by atoms with E-state index in [-0.39, 0.29) is 32.3 Å². The molecule has 0 aromatic carbocycles. The lowest BCUT2D eigenvalue weighted by atomic mass is 9.88. The Balaban J connectivity index is 1.16. The zero-order chi connectivity index (χ0) is 82.6. The number of ether oxygens (including phenoxy) is 15. The van der Waals surface area contributed by atoms with Crippen molar-refractivity contribution in [2.75, 3.05) is 60.0 Å². The summed E-state index contributed by atoms with van der Waals surface area (Å²) in [5, 5.41) is 251. The lowest BCUT2D eigenvalue weighted by Crippen LogP contribution is -2.71. The largest absolute Gasteiger partial charge is 0.477 e. The second-order valence-electron chi connectivity index (χ2n) is 27.7. The molecular formula is C63H104N4O44. The van der Waals surface area contributed by atoms with Crippen molar-refractivity contribution >= 4 is 41.5 Å². The van der Waals surface area contributed by atoms with Crippen LogP contribution in [-0.2, 0) is 105 Å². The Morgan fingerprint density at radius 1 is 0.414 bits per heavy atom. The molecule has 26 N–H and O–H groups in total. The quantitative estimate of drug-likeness (QED) is 0.0205. The van der Waals surface area contributed by atoms with E-state index < -0.39 is 327 Å². The number of carbonyl (C=O) groups is 7. The minimum absolute atomic E-state index is 0.0253. The number of carbonyl (C=O) groups excluding carboxylic acids is 5. The number of rotatable bonds is 36. The van der Waals surface area contributed by atoms with Crippen LogP contribution in [0.25, 0.3) is 0 Å².